The Kier molecular flexibility index (Phi) is 2.30. The number of hydrogen-bond donors (Lipinski definition) is 0. The van der Waals surface area contributed by atoms with Crippen LogP contribution in [0.4, 0.5) is 0 Å². The summed E-state index contributed by atoms with van der Waals surface area (Å²) in [5, 5.41) is 0. The molecule has 1 fully saturated rings. The fourth-order valence-electron chi connectivity index (χ4n) is 2.26. The second kappa shape index (κ2) is 3.23. The Hall–Kier alpha value is -0.570. The van der Waals surface area contributed by atoms with Crippen LogP contribution < -0.4 is 0 Å². The summed E-state index contributed by atoms with van der Waals surface area (Å²) in [6.07, 6.45) is 6.04. The lowest BCUT2D eigenvalue weighted by Gasteiger charge is -2.13. The van der Waals surface area contributed by atoms with E-state index in [0.717, 1.165) is 0 Å². The Morgan fingerprint density at radius 2 is 2.36 bits per heavy atom. The molecule has 0 N–H and O–H groups in total. The van der Waals surface area contributed by atoms with E-state index in [1.54, 1.807) is 6.26 Å². The third kappa shape index (κ3) is 1.18. The zero-order valence-corrected chi connectivity index (χ0v) is 9.64. The third-order valence-electron chi connectivity index (χ3n) is 2.86. The molecule has 1 heterocycles. The first kappa shape index (κ1) is 9.97. The van der Waals surface area contributed by atoms with Gasteiger partial charge in [0.25, 0.3) is 0 Å². The summed E-state index contributed by atoms with van der Waals surface area (Å²) in [5.74, 6) is 1.05. The maximum atomic E-state index is 12.0. The summed E-state index contributed by atoms with van der Waals surface area (Å²) >= 11 is 0. The van der Waals surface area contributed by atoms with Crippen LogP contribution in [0.25, 0.3) is 0 Å². The van der Waals surface area contributed by atoms with E-state index >= 15 is 0 Å². The van der Waals surface area contributed by atoms with Crippen molar-refractivity contribution in [2.75, 3.05) is 5.75 Å². The molecular formula is C11H16O2S. The molecule has 0 bridgehead atoms. The fourth-order valence-corrected chi connectivity index (χ4v) is 4.03. The average Bonchev–Trinajstić information content (AvgIpc) is 2.58. The standard InChI is InChI=1S/C11H16O2S/c1-4-14(12)11(7-8(2)3)9-5-6-13-10(9)11/h5-7,9-10H,4H2,1-3H3. The van der Waals surface area contributed by atoms with Crippen molar-refractivity contribution >= 4 is 10.8 Å². The molecule has 1 aliphatic carbocycles. The van der Waals surface area contributed by atoms with Gasteiger partial charge in [-0.15, -0.1) is 0 Å². The SMILES string of the molecule is CCS(=O)C1(C=C(C)C)C2C=COC21. The Morgan fingerprint density at radius 3 is 2.79 bits per heavy atom. The van der Waals surface area contributed by atoms with E-state index in [2.05, 4.69) is 6.08 Å². The molecule has 14 heavy (non-hydrogen) atoms. The smallest absolute Gasteiger partial charge is 0.127 e. The van der Waals surface area contributed by atoms with Gasteiger partial charge in [0, 0.05) is 22.5 Å². The topological polar surface area (TPSA) is 26.3 Å². The highest BCUT2D eigenvalue weighted by Gasteiger charge is 2.69. The van der Waals surface area contributed by atoms with E-state index in [-0.39, 0.29) is 10.9 Å². The molecule has 2 aliphatic rings. The molecule has 2 nitrogen and oxygen atoms in total. The monoisotopic (exact) mass is 212 g/mol. The quantitative estimate of drug-likeness (QED) is 0.669. The van der Waals surface area contributed by atoms with Crippen LogP contribution in [0.1, 0.15) is 20.8 Å². The van der Waals surface area contributed by atoms with E-state index in [1.807, 2.05) is 26.8 Å². The lowest BCUT2D eigenvalue weighted by molar-refractivity contribution is 0.237. The molecular weight excluding hydrogens is 196 g/mol. The minimum Gasteiger partial charge on any atom is -0.496 e. The Balaban J connectivity index is 2.30. The van der Waals surface area contributed by atoms with Gasteiger partial charge in [-0.2, -0.15) is 0 Å². The highest BCUT2D eigenvalue weighted by atomic mass is 32.2. The molecule has 0 amide bonds. The maximum Gasteiger partial charge on any atom is 0.127 e. The number of hydrogen-bond acceptors (Lipinski definition) is 2. The number of ether oxygens (including phenoxy) is 1. The van der Waals surface area contributed by atoms with Gasteiger partial charge in [-0.1, -0.05) is 18.6 Å². The van der Waals surface area contributed by atoms with Crippen LogP contribution in [-0.2, 0) is 15.5 Å². The van der Waals surface area contributed by atoms with Gasteiger partial charge in [0.05, 0.1) is 6.26 Å². The lowest BCUT2D eigenvalue weighted by atomic mass is 10.2. The summed E-state index contributed by atoms with van der Waals surface area (Å²) in [7, 11) is -0.808. The van der Waals surface area contributed by atoms with Crippen LogP contribution in [-0.4, -0.2) is 20.8 Å². The van der Waals surface area contributed by atoms with Crippen molar-refractivity contribution in [2.45, 2.75) is 31.6 Å². The van der Waals surface area contributed by atoms with Crippen molar-refractivity contribution in [1.29, 1.82) is 0 Å². The molecule has 0 aromatic heterocycles. The molecule has 4 atom stereocenters. The molecule has 78 valence electrons. The molecule has 3 heteroatoms. The predicted octanol–water partition coefficient (Wildman–Crippen LogP) is 2.00. The van der Waals surface area contributed by atoms with E-state index in [4.69, 9.17) is 4.74 Å². The molecule has 0 radical (unpaired) electrons. The van der Waals surface area contributed by atoms with Gasteiger partial charge in [0.2, 0.25) is 0 Å². The van der Waals surface area contributed by atoms with Gasteiger partial charge < -0.3 is 4.74 Å². The van der Waals surface area contributed by atoms with Crippen LogP contribution in [0.2, 0.25) is 0 Å². The molecule has 0 spiro atoms. The average molecular weight is 212 g/mol. The van der Waals surface area contributed by atoms with E-state index in [1.165, 1.54) is 5.57 Å². The van der Waals surface area contributed by atoms with Crippen molar-refractivity contribution < 1.29 is 8.95 Å². The second-order valence-corrected chi connectivity index (χ2v) is 6.10. The largest absolute Gasteiger partial charge is 0.496 e. The van der Waals surface area contributed by atoms with Gasteiger partial charge in [0.1, 0.15) is 10.9 Å². The number of fused-ring (bicyclic) bond motifs is 1. The number of rotatable bonds is 3. The first-order chi connectivity index (χ1) is 6.63. The summed E-state index contributed by atoms with van der Waals surface area (Å²) in [4.78, 5) is 0. The summed E-state index contributed by atoms with van der Waals surface area (Å²) < 4.78 is 17.2. The van der Waals surface area contributed by atoms with Gasteiger partial charge in [-0.05, 0) is 19.9 Å². The molecule has 1 saturated carbocycles. The van der Waals surface area contributed by atoms with E-state index in [0.29, 0.717) is 11.7 Å². The molecule has 0 saturated heterocycles. The Labute approximate surface area is 87.5 Å². The first-order valence-electron chi connectivity index (χ1n) is 4.99. The predicted molar refractivity (Wildman–Crippen MR) is 58.3 cm³/mol. The van der Waals surface area contributed by atoms with Gasteiger partial charge in [-0.3, -0.25) is 4.21 Å². The zero-order chi connectivity index (χ0) is 10.3. The van der Waals surface area contributed by atoms with Crippen molar-refractivity contribution in [2.24, 2.45) is 5.92 Å². The molecule has 4 unspecified atom stereocenters. The molecule has 1 aliphatic heterocycles. The van der Waals surface area contributed by atoms with Crippen molar-refractivity contribution in [3.63, 3.8) is 0 Å². The minimum atomic E-state index is -0.808. The van der Waals surface area contributed by atoms with E-state index < -0.39 is 10.8 Å². The van der Waals surface area contributed by atoms with Crippen LogP contribution >= 0.6 is 0 Å². The molecule has 0 aromatic carbocycles. The maximum absolute atomic E-state index is 12.0. The normalized spacial score (nSPS) is 39.9. The van der Waals surface area contributed by atoms with E-state index in [9.17, 15) is 4.21 Å². The summed E-state index contributed by atoms with van der Waals surface area (Å²) in [6.45, 7) is 6.06. The third-order valence-corrected chi connectivity index (χ3v) is 4.80. The number of allylic oxidation sites excluding steroid dienone is 1. The van der Waals surface area contributed by atoms with Gasteiger partial charge in [0.15, 0.2) is 0 Å². The Morgan fingerprint density at radius 1 is 1.64 bits per heavy atom. The van der Waals surface area contributed by atoms with Crippen LogP contribution in [0.15, 0.2) is 24.0 Å². The van der Waals surface area contributed by atoms with Crippen molar-refractivity contribution in [3.05, 3.63) is 24.0 Å². The minimum absolute atomic E-state index is 0.137. The van der Waals surface area contributed by atoms with Crippen LogP contribution in [0, 0.1) is 5.92 Å². The lowest BCUT2D eigenvalue weighted by Crippen LogP contribution is -2.23. The molecule has 0 aromatic rings. The van der Waals surface area contributed by atoms with Crippen molar-refractivity contribution in [1.82, 2.24) is 0 Å². The van der Waals surface area contributed by atoms with Gasteiger partial charge in [-0.25, -0.2) is 0 Å². The highest BCUT2D eigenvalue weighted by Crippen LogP contribution is 2.56. The van der Waals surface area contributed by atoms with Gasteiger partial charge >= 0.3 is 0 Å². The van der Waals surface area contributed by atoms with Crippen LogP contribution in [0.3, 0.4) is 0 Å². The Bertz CT molecular complexity index is 328. The zero-order valence-electron chi connectivity index (χ0n) is 8.82. The summed E-state index contributed by atoms with van der Waals surface area (Å²) in [5.41, 5.74) is 1.22. The first-order valence-corrected chi connectivity index (χ1v) is 6.31. The second-order valence-electron chi connectivity index (χ2n) is 4.12. The fraction of sp³-hybridized carbons (Fsp3) is 0.636. The summed E-state index contributed by atoms with van der Waals surface area (Å²) in [6, 6.07) is 0. The van der Waals surface area contributed by atoms with Crippen molar-refractivity contribution in [3.8, 4) is 0 Å². The highest BCUT2D eigenvalue weighted by molar-refractivity contribution is 7.87. The molecule has 2 rings (SSSR count). The van der Waals surface area contributed by atoms with Crippen LogP contribution in [0.5, 0.6) is 0 Å².